The van der Waals surface area contributed by atoms with Crippen LogP contribution in [0, 0.1) is 0 Å². The first kappa shape index (κ1) is 9.12. The van der Waals surface area contributed by atoms with E-state index in [9.17, 15) is 0 Å². The third-order valence-corrected chi connectivity index (χ3v) is 3.01. The van der Waals surface area contributed by atoms with Crippen molar-refractivity contribution in [2.45, 2.75) is 18.9 Å². The summed E-state index contributed by atoms with van der Waals surface area (Å²) in [5, 5.41) is 3.95. The standard InChI is InChI=1S/C10H11ClN4/c11-9-6-15-8(7-2-1-3-12-7)4-14-10(15)5-13-9/h4-7,12H,1-3H2. The molecule has 1 N–H and O–H groups in total. The van der Waals surface area contributed by atoms with Crippen molar-refractivity contribution in [3.05, 3.63) is 29.4 Å². The number of halogens is 1. The first-order valence-corrected chi connectivity index (χ1v) is 5.44. The van der Waals surface area contributed by atoms with Gasteiger partial charge in [0.25, 0.3) is 0 Å². The second kappa shape index (κ2) is 3.47. The van der Waals surface area contributed by atoms with E-state index >= 15 is 0 Å². The average Bonchev–Trinajstić information content (AvgIpc) is 2.83. The lowest BCUT2D eigenvalue weighted by atomic mass is 10.2. The molecule has 1 unspecified atom stereocenters. The molecule has 0 bridgehead atoms. The molecule has 1 aliphatic heterocycles. The minimum atomic E-state index is 0.401. The summed E-state index contributed by atoms with van der Waals surface area (Å²) in [5.41, 5.74) is 2.02. The molecule has 5 heteroatoms. The normalized spacial score (nSPS) is 21.3. The van der Waals surface area contributed by atoms with E-state index < -0.39 is 0 Å². The molecular weight excluding hydrogens is 212 g/mol. The molecule has 0 amide bonds. The van der Waals surface area contributed by atoms with Crippen LogP contribution < -0.4 is 5.32 Å². The van der Waals surface area contributed by atoms with Crippen molar-refractivity contribution in [2.75, 3.05) is 6.54 Å². The molecule has 4 nitrogen and oxygen atoms in total. The minimum Gasteiger partial charge on any atom is -0.309 e. The Balaban J connectivity index is 2.13. The zero-order valence-electron chi connectivity index (χ0n) is 8.15. The van der Waals surface area contributed by atoms with Gasteiger partial charge in [-0.15, -0.1) is 0 Å². The van der Waals surface area contributed by atoms with Gasteiger partial charge in [-0.25, -0.2) is 9.97 Å². The van der Waals surface area contributed by atoms with Crippen LogP contribution in [0.3, 0.4) is 0 Å². The predicted molar refractivity (Wildman–Crippen MR) is 58.0 cm³/mol. The van der Waals surface area contributed by atoms with Gasteiger partial charge in [0.2, 0.25) is 0 Å². The quantitative estimate of drug-likeness (QED) is 0.800. The van der Waals surface area contributed by atoms with Crippen LogP contribution in [0.1, 0.15) is 24.6 Å². The van der Waals surface area contributed by atoms with Crippen LogP contribution in [-0.2, 0) is 0 Å². The second-order valence-corrected chi connectivity index (χ2v) is 4.16. The zero-order valence-corrected chi connectivity index (χ0v) is 8.91. The summed E-state index contributed by atoms with van der Waals surface area (Å²) >= 11 is 5.87. The summed E-state index contributed by atoms with van der Waals surface area (Å²) in [7, 11) is 0. The molecule has 0 spiro atoms. The molecule has 1 atom stereocenters. The number of nitrogens with zero attached hydrogens (tertiary/aromatic N) is 3. The third kappa shape index (κ3) is 1.50. The van der Waals surface area contributed by atoms with Gasteiger partial charge >= 0.3 is 0 Å². The van der Waals surface area contributed by atoms with E-state index in [1.165, 1.54) is 12.1 Å². The molecule has 0 aliphatic carbocycles. The molecule has 3 heterocycles. The Labute approximate surface area is 92.3 Å². The van der Waals surface area contributed by atoms with E-state index in [-0.39, 0.29) is 0 Å². The Bertz CT molecular complexity index is 487. The molecule has 1 saturated heterocycles. The number of nitrogens with one attached hydrogen (secondary N) is 1. The largest absolute Gasteiger partial charge is 0.309 e. The van der Waals surface area contributed by atoms with Gasteiger partial charge in [0.05, 0.1) is 18.1 Å². The van der Waals surface area contributed by atoms with Crippen molar-refractivity contribution in [3.63, 3.8) is 0 Å². The number of hydrogen-bond donors (Lipinski definition) is 1. The van der Waals surface area contributed by atoms with Gasteiger partial charge in [0.1, 0.15) is 5.15 Å². The van der Waals surface area contributed by atoms with Gasteiger partial charge in [-0.05, 0) is 19.4 Å². The molecule has 0 radical (unpaired) electrons. The Morgan fingerprint density at radius 2 is 2.33 bits per heavy atom. The molecule has 0 aromatic carbocycles. The summed E-state index contributed by atoms with van der Waals surface area (Å²) in [6.07, 6.45) is 7.79. The van der Waals surface area contributed by atoms with Crippen LogP contribution in [-0.4, -0.2) is 20.9 Å². The van der Waals surface area contributed by atoms with Crippen LogP contribution in [0.25, 0.3) is 5.65 Å². The molecule has 0 saturated carbocycles. The summed E-state index contributed by atoms with van der Waals surface area (Å²) < 4.78 is 2.01. The molecular formula is C10H11ClN4. The summed E-state index contributed by atoms with van der Waals surface area (Å²) in [6, 6.07) is 0.401. The van der Waals surface area contributed by atoms with Gasteiger partial charge in [-0.2, -0.15) is 0 Å². The summed E-state index contributed by atoms with van der Waals surface area (Å²) in [5.74, 6) is 0. The minimum absolute atomic E-state index is 0.401. The van der Waals surface area contributed by atoms with E-state index in [1.54, 1.807) is 6.20 Å². The van der Waals surface area contributed by atoms with Crippen molar-refractivity contribution < 1.29 is 0 Å². The van der Waals surface area contributed by atoms with Crippen molar-refractivity contribution in [3.8, 4) is 0 Å². The Morgan fingerprint density at radius 1 is 1.40 bits per heavy atom. The number of rotatable bonds is 1. The zero-order chi connectivity index (χ0) is 10.3. The van der Waals surface area contributed by atoms with E-state index in [0.717, 1.165) is 18.6 Å². The van der Waals surface area contributed by atoms with Gasteiger partial charge in [-0.1, -0.05) is 11.6 Å². The van der Waals surface area contributed by atoms with Crippen molar-refractivity contribution in [1.82, 2.24) is 19.7 Å². The van der Waals surface area contributed by atoms with Crippen LogP contribution in [0.2, 0.25) is 5.15 Å². The number of aromatic nitrogens is 3. The lowest BCUT2D eigenvalue weighted by Gasteiger charge is -2.09. The van der Waals surface area contributed by atoms with Crippen LogP contribution >= 0.6 is 11.6 Å². The fourth-order valence-corrected chi connectivity index (χ4v) is 2.23. The Hall–Kier alpha value is -1.13. The molecule has 1 fully saturated rings. The van der Waals surface area contributed by atoms with Crippen molar-refractivity contribution in [1.29, 1.82) is 0 Å². The van der Waals surface area contributed by atoms with Gasteiger partial charge < -0.3 is 5.32 Å². The number of hydrogen-bond acceptors (Lipinski definition) is 3. The first-order valence-electron chi connectivity index (χ1n) is 5.06. The highest BCUT2D eigenvalue weighted by molar-refractivity contribution is 6.29. The highest BCUT2D eigenvalue weighted by Crippen LogP contribution is 2.23. The molecule has 15 heavy (non-hydrogen) atoms. The fraction of sp³-hybridized carbons (Fsp3) is 0.400. The Morgan fingerprint density at radius 3 is 3.13 bits per heavy atom. The molecule has 2 aromatic rings. The molecule has 3 rings (SSSR count). The number of fused-ring (bicyclic) bond motifs is 1. The third-order valence-electron chi connectivity index (χ3n) is 2.81. The molecule has 78 valence electrons. The highest BCUT2D eigenvalue weighted by atomic mass is 35.5. The lowest BCUT2D eigenvalue weighted by molar-refractivity contribution is 0.622. The topological polar surface area (TPSA) is 42.2 Å². The lowest BCUT2D eigenvalue weighted by Crippen LogP contribution is -2.14. The van der Waals surface area contributed by atoms with Gasteiger partial charge in [-0.3, -0.25) is 4.40 Å². The van der Waals surface area contributed by atoms with E-state index in [2.05, 4.69) is 15.3 Å². The SMILES string of the molecule is Clc1cn2c(C3CCCN3)cnc2cn1. The predicted octanol–water partition coefficient (Wildman–Crippen LogP) is 1.81. The average molecular weight is 223 g/mol. The van der Waals surface area contributed by atoms with Gasteiger partial charge in [0.15, 0.2) is 5.65 Å². The maximum atomic E-state index is 5.87. The number of imidazole rings is 1. The van der Waals surface area contributed by atoms with Crippen LogP contribution in [0.5, 0.6) is 0 Å². The maximum absolute atomic E-state index is 5.87. The summed E-state index contributed by atoms with van der Waals surface area (Å²) in [6.45, 7) is 1.08. The van der Waals surface area contributed by atoms with Crippen molar-refractivity contribution >= 4 is 17.2 Å². The van der Waals surface area contributed by atoms with Crippen LogP contribution in [0.15, 0.2) is 18.6 Å². The van der Waals surface area contributed by atoms with Gasteiger partial charge in [0, 0.05) is 12.2 Å². The first-order chi connectivity index (χ1) is 7.34. The van der Waals surface area contributed by atoms with E-state index in [4.69, 9.17) is 11.6 Å². The smallest absolute Gasteiger partial charge is 0.155 e. The van der Waals surface area contributed by atoms with Crippen molar-refractivity contribution in [2.24, 2.45) is 0 Å². The fourth-order valence-electron chi connectivity index (χ4n) is 2.08. The van der Waals surface area contributed by atoms with Crippen LogP contribution in [0.4, 0.5) is 0 Å². The monoisotopic (exact) mass is 222 g/mol. The van der Waals surface area contributed by atoms with E-state index in [1.807, 2.05) is 16.8 Å². The molecule has 2 aromatic heterocycles. The Kier molecular flexibility index (Phi) is 2.11. The molecule has 1 aliphatic rings. The maximum Gasteiger partial charge on any atom is 0.155 e. The van der Waals surface area contributed by atoms with E-state index in [0.29, 0.717) is 11.2 Å². The summed E-state index contributed by atoms with van der Waals surface area (Å²) in [4.78, 5) is 8.32. The highest BCUT2D eigenvalue weighted by Gasteiger charge is 2.19. The second-order valence-electron chi connectivity index (χ2n) is 3.77.